The second kappa shape index (κ2) is 2.57. The molecule has 3 N–H and O–H groups in total. The van der Waals surface area contributed by atoms with Gasteiger partial charge in [0.05, 0.1) is 0 Å². The summed E-state index contributed by atoms with van der Waals surface area (Å²) >= 11 is 0. The molecule has 1 saturated carbocycles. The largest absolute Gasteiger partial charge is 0.332 e. The topological polar surface area (TPSA) is 75.0 Å². The minimum Gasteiger partial charge on any atom is -0.332 e. The zero-order valence-electron chi connectivity index (χ0n) is 7.68. The Morgan fingerprint density at radius 2 is 2.57 bits per heavy atom. The minimum absolute atomic E-state index is 0.0305. The molecule has 74 valence electrons. The lowest BCUT2D eigenvalue weighted by atomic mass is 9.81. The summed E-state index contributed by atoms with van der Waals surface area (Å²) in [6.45, 7) is 0.809. The number of aromatic amines is 1. The Morgan fingerprint density at radius 1 is 1.71 bits per heavy atom. The normalized spacial score (nSPS) is 34.4. The first-order chi connectivity index (χ1) is 6.77. The first-order valence-electron chi connectivity index (χ1n) is 4.83. The van der Waals surface area contributed by atoms with Crippen LogP contribution in [0.1, 0.15) is 16.9 Å². The van der Waals surface area contributed by atoms with Gasteiger partial charge in [-0.3, -0.25) is 9.89 Å². The van der Waals surface area contributed by atoms with E-state index < -0.39 is 0 Å². The Balaban J connectivity index is 1.82. The van der Waals surface area contributed by atoms with Gasteiger partial charge < -0.3 is 10.6 Å². The van der Waals surface area contributed by atoms with E-state index in [0.29, 0.717) is 11.6 Å². The van der Waals surface area contributed by atoms with E-state index in [9.17, 15) is 4.79 Å². The second-order valence-corrected chi connectivity index (χ2v) is 4.07. The van der Waals surface area contributed by atoms with Crippen molar-refractivity contribution in [1.29, 1.82) is 0 Å². The summed E-state index contributed by atoms with van der Waals surface area (Å²) in [4.78, 5) is 13.8. The first kappa shape index (κ1) is 7.99. The van der Waals surface area contributed by atoms with Crippen LogP contribution in [-0.2, 0) is 0 Å². The van der Waals surface area contributed by atoms with Crippen molar-refractivity contribution in [3.63, 3.8) is 0 Å². The van der Waals surface area contributed by atoms with Crippen LogP contribution in [0.5, 0.6) is 0 Å². The van der Waals surface area contributed by atoms with Crippen LogP contribution in [0.25, 0.3) is 0 Å². The highest BCUT2D eigenvalue weighted by Gasteiger charge is 2.51. The van der Waals surface area contributed by atoms with Crippen molar-refractivity contribution < 1.29 is 4.79 Å². The number of aromatic nitrogens is 2. The van der Waals surface area contributed by atoms with Crippen LogP contribution in [0.15, 0.2) is 12.3 Å². The quantitative estimate of drug-likeness (QED) is 0.634. The van der Waals surface area contributed by atoms with Crippen molar-refractivity contribution in [2.75, 3.05) is 6.54 Å². The van der Waals surface area contributed by atoms with Crippen molar-refractivity contribution >= 4 is 5.91 Å². The number of nitrogens with one attached hydrogen (secondary N) is 1. The number of rotatable bonds is 1. The molecule has 5 nitrogen and oxygen atoms in total. The van der Waals surface area contributed by atoms with E-state index in [0.717, 1.165) is 13.0 Å². The lowest BCUT2D eigenvalue weighted by Gasteiger charge is -2.32. The molecule has 3 unspecified atom stereocenters. The van der Waals surface area contributed by atoms with Crippen molar-refractivity contribution in [3.05, 3.63) is 18.0 Å². The maximum atomic E-state index is 11.9. The maximum absolute atomic E-state index is 11.9. The number of H-pyrrole nitrogens is 1. The molecule has 1 aliphatic carbocycles. The molecule has 3 atom stereocenters. The number of hydrogen-bond donors (Lipinski definition) is 2. The Bertz CT molecular complexity index is 361. The molecular weight excluding hydrogens is 180 g/mol. The van der Waals surface area contributed by atoms with Gasteiger partial charge in [0.2, 0.25) is 0 Å². The number of nitrogens with two attached hydrogens (primary N) is 1. The van der Waals surface area contributed by atoms with Gasteiger partial charge in [0.15, 0.2) is 0 Å². The van der Waals surface area contributed by atoms with E-state index in [2.05, 4.69) is 10.2 Å². The number of amides is 1. The average Bonchev–Trinajstić information content (AvgIpc) is 2.89. The lowest BCUT2D eigenvalue weighted by Crippen LogP contribution is -2.50. The van der Waals surface area contributed by atoms with Gasteiger partial charge in [-0.05, 0) is 18.4 Å². The zero-order chi connectivity index (χ0) is 9.71. The molecule has 1 aromatic rings. The molecule has 3 heterocycles. The van der Waals surface area contributed by atoms with Gasteiger partial charge in [-0.15, -0.1) is 0 Å². The monoisotopic (exact) mass is 192 g/mol. The van der Waals surface area contributed by atoms with Gasteiger partial charge >= 0.3 is 0 Å². The molecule has 0 aromatic carbocycles. The molecule has 3 aliphatic rings. The van der Waals surface area contributed by atoms with Gasteiger partial charge in [-0.2, -0.15) is 5.10 Å². The van der Waals surface area contributed by atoms with E-state index in [4.69, 9.17) is 5.73 Å². The number of fused-ring (bicyclic) bond motifs is 1. The fourth-order valence-electron chi connectivity index (χ4n) is 2.43. The highest BCUT2D eigenvalue weighted by molar-refractivity contribution is 5.93. The third-order valence-corrected chi connectivity index (χ3v) is 3.36. The second-order valence-electron chi connectivity index (χ2n) is 4.07. The summed E-state index contributed by atoms with van der Waals surface area (Å²) in [5.74, 6) is 0.551. The molecule has 0 radical (unpaired) electrons. The zero-order valence-corrected chi connectivity index (χ0v) is 7.68. The van der Waals surface area contributed by atoms with E-state index in [1.165, 1.54) is 0 Å². The molecule has 2 aliphatic heterocycles. The maximum Gasteiger partial charge on any atom is 0.272 e. The average molecular weight is 192 g/mol. The fourth-order valence-corrected chi connectivity index (χ4v) is 2.43. The fraction of sp³-hybridized carbons (Fsp3) is 0.556. The first-order valence-corrected chi connectivity index (χ1v) is 4.83. The molecule has 2 saturated heterocycles. The molecular formula is C9H12N4O. The van der Waals surface area contributed by atoms with Crippen molar-refractivity contribution in [2.45, 2.75) is 18.5 Å². The third-order valence-electron chi connectivity index (χ3n) is 3.36. The van der Waals surface area contributed by atoms with Crippen LogP contribution in [0.2, 0.25) is 0 Å². The van der Waals surface area contributed by atoms with Crippen molar-refractivity contribution in [1.82, 2.24) is 15.1 Å². The van der Waals surface area contributed by atoms with E-state index >= 15 is 0 Å². The minimum atomic E-state index is 0.0305. The third kappa shape index (κ3) is 0.874. The standard InChI is InChI=1S/C9H12N4O/c10-8-5-3-7(8)13(4-5)9(14)6-1-2-11-12-6/h1-2,5,7-8H,3-4,10H2,(H,11,12). The molecule has 0 spiro atoms. The van der Waals surface area contributed by atoms with Gasteiger partial charge in [0.1, 0.15) is 5.69 Å². The smallest absolute Gasteiger partial charge is 0.272 e. The highest BCUT2D eigenvalue weighted by atomic mass is 16.2. The lowest BCUT2D eigenvalue weighted by molar-refractivity contribution is 0.0732. The van der Waals surface area contributed by atoms with Gasteiger partial charge in [-0.1, -0.05) is 0 Å². The Kier molecular flexibility index (Phi) is 1.47. The molecule has 14 heavy (non-hydrogen) atoms. The Hall–Kier alpha value is -1.36. The van der Waals surface area contributed by atoms with E-state index in [-0.39, 0.29) is 18.0 Å². The van der Waals surface area contributed by atoms with E-state index in [1.54, 1.807) is 12.3 Å². The van der Waals surface area contributed by atoms with Crippen molar-refractivity contribution in [2.24, 2.45) is 11.7 Å². The summed E-state index contributed by atoms with van der Waals surface area (Å²) in [6.07, 6.45) is 2.66. The van der Waals surface area contributed by atoms with Gasteiger partial charge in [0.25, 0.3) is 5.91 Å². The van der Waals surface area contributed by atoms with Crippen LogP contribution in [-0.4, -0.2) is 39.6 Å². The van der Waals surface area contributed by atoms with Crippen LogP contribution in [0.3, 0.4) is 0 Å². The van der Waals surface area contributed by atoms with Crippen LogP contribution in [0.4, 0.5) is 0 Å². The summed E-state index contributed by atoms with van der Waals surface area (Å²) in [5.41, 5.74) is 6.45. The SMILES string of the molecule is NC1C2CC1N(C(=O)c1ccn[nH]1)C2. The van der Waals surface area contributed by atoms with Gasteiger partial charge in [0, 0.05) is 24.8 Å². The van der Waals surface area contributed by atoms with Crippen LogP contribution in [0, 0.1) is 5.92 Å². The number of carbonyl (C=O) groups excluding carboxylic acids is 1. The molecule has 5 heteroatoms. The molecule has 2 bridgehead atoms. The van der Waals surface area contributed by atoms with E-state index in [1.807, 2.05) is 4.90 Å². The number of nitrogens with zero attached hydrogens (tertiary/aromatic N) is 2. The predicted octanol–water partition coefficient (Wildman–Crippen LogP) is -0.419. The number of carbonyl (C=O) groups is 1. The summed E-state index contributed by atoms with van der Waals surface area (Å²) in [6, 6.07) is 2.15. The molecule has 1 amide bonds. The summed E-state index contributed by atoms with van der Waals surface area (Å²) < 4.78 is 0. The Labute approximate surface area is 81.3 Å². The summed E-state index contributed by atoms with van der Waals surface area (Å²) in [5, 5.41) is 6.45. The number of hydrogen-bond acceptors (Lipinski definition) is 3. The van der Waals surface area contributed by atoms with Crippen molar-refractivity contribution in [3.8, 4) is 0 Å². The van der Waals surface area contributed by atoms with Gasteiger partial charge in [-0.25, -0.2) is 0 Å². The van der Waals surface area contributed by atoms with Crippen LogP contribution >= 0.6 is 0 Å². The molecule has 4 rings (SSSR count). The molecule has 1 aromatic heterocycles. The Morgan fingerprint density at radius 3 is 3.07 bits per heavy atom. The predicted molar refractivity (Wildman–Crippen MR) is 49.5 cm³/mol. The highest BCUT2D eigenvalue weighted by Crippen LogP contribution is 2.40. The summed E-state index contributed by atoms with van der Waals surface area (Å²) in [7, 11) is 0. The van der Waals surface area contributed by atoms with Crippen LogP contribution < -0.4 is 5.73 Å². The molecule has 3 fully saturated rings.